The molecule has 0 N–H and O–H groups in total. The Morgan fingerprint density at radius 2 is 1.22 bits per heavy atom. The van der Waals surface area contributed by atoms with E-state index in [0.29, 0.717) is 6.04 Å². The van der Waals surface area contributed by atoms with E-state index >= 15 is 0 Å². The molecular weight excluding hydrogens is 593 g/mol. The van der Waals surface area contributed by atoms with E-state index in [9.17, 15) is 0 Å². The molecule has 8 aromatic rings. The van der Waals surface area contributed by atoms with Crippen molar-refractivity contribution >= 4 is 55.1 Å². The van der Waals surface area contributed by atoms with E-state index in [4.69, 9.17) is 0 Å². The number of aromatic nitrogens is 2. The summed E-state index contributed by atoms with van der Waals surface area (Å²) in [5.41, 5.74) is 12.6. The van der Waals surface area contributed by atoms with Gasteiger partial charge in [-0.2, -0.15) is 0 Å². The molecule has 0 saturated carbocycles. The standard InChI is InChI=1S/C47H38N2/c1-3-4-14-44-32(2)41-11-5-8-15-45(41)48(44)39-26-22-33(23-27-39)35-18-20-38-31-36(19-21-37(38)30-35)34-24-28-40(29-25-34)49-46-16-9-6-12-42(46)43-13-7-10-17-47(43)49/h4-26,28-31,39H,3,27H2,1-2H3/b14-4-. The molecule has 0 spiro atoms. The van der Waals surface area contributed by atoms with Crippen LogP contribution >= 0.6 is 0 Å². The Hall–Kier alpha value is -5.86. The molecular formula is C47H38N2. The van der Waals surface area contributed by atoms with Gasteiger partial charge in [0, 0.05) is 33.1 Å². The molecule has 0 aliphatic heterocycles. The van der Waals surface area contributed by atoms with Crippen LogP contribution in [0.1, 0.15) is 42.6 Å². The third-order valence-electron chi connectivity index (χ3n) is 10.3. The van der Waals surface area contributed by atoms with Crippen LogP contribution in [0.5, 0.6) is 0 Å². The van der Waals surface area contributed by atoms with Crippen molar-refractivity contribution in [3.05, 3.63) is 175 Å². The Labute approximate surface area is 287 Å². The molecule has 236 valence electrons. The highest BCUT2D eigenvalue weighted by Gasteiger charge is 2.19. The zero-order valence-corrected chi connectivity index (χ0v) is 28.0. The highest BCUT2D eigenvalue weighted by atomic mass is 15.0. The smallest absolute Gasteiger partial charge is 0.0560 e. The van der Waals surface area contributed by atoms with Crippen LogP contribution < -0.4 is 0 Å². The van der Waals surface area contributed by atoms with Gasteiger partial charge in [0.05, 0.1) is 17.1 Å². The maximum Gasteiger partial charge on any atom is 0.0560 e. The molecule has 9 rings (SSSR count). The quantitative estimate of drug-likeness (QED) is 0.173. The van der Waals surface area contributed by atoms with Crippen LogP contribution in [0.25, 0.3) is 71.9 Å². The highest BCUT2D eigenvalue weighted by Crippen LogP contribution is 2.37. The van der Waals surface area contributed by atoms with Gasteiger partial charge < -0.3 is 9.13 Å². The number of allylic oxidation sites excluding steroid dienone is 5. The second-order valence-corrected chi connectivity index (χ2v) is 13.2. The Balaban J connectivity index is 0.984. The Bertz CT molecular complexity index is 2570. The molecule has 0 amide bonds. The fraction of sp³-hybridized carbons (Fsp3) is 0.106. The number of benzene rings is 6. The summed E-state index contributed by atoms with van der Waals surface area (Å²) in [5.74, 6) is 0. The summed E-state index contributed by atoms with van der Waals surface area (Å²) in [6, 6.07) is 49.2. The maximum atomic E-state index is 2.53. The minimum Gasteiger partial charge on any atom is -0.333 e. The Morgan fingerprint density at radius 3 is 1.88 bits per heavy atom. The summed E-state index contributed by atoms with van der Waals surface area (Å²) < 4.78 is 4.90. The van der Waals surface area contributed by atoms with Crippen LogP contribution in [0.3, 0.4) is 0 Å². The lowest BCUT2D eigenvalue weighted by atomic mass is 9.94. The third kappa shape index (κ3) is 4.95. The SMILES string of the molecule is CC/C=C\c1c(C)c2ccccc2n1C1C=CC(c2ccc3cc(-c4ccc(-n5c6ccccc6c6ccccc65)cc4)ccc3c2)=CC1. The maximum absolute atomic E-state index is 2.53. The monoisotopic (exact) mass is 630 g/mol. The summed E-state index contributed by atoms with van der Waals surface area (Å²) in [4.78, 5) is 0. The molecule has 1 aliphatic rings. The lowest BCUT2D eigenvalue weighted by Crippen LogP contribution is -2.10. The van der Waals surface area contributed by atoms with Crippen molar-refractivity contribution in [1.29, 1.82) is 0 Å². The van der Waals surface area contributed by atoms with Crippen LogP contribution in [0.15, 0.2) is 158 Å². The first-order valence-electron chi connectivity index (χ1n) is 17.5. The van der Waals surface area contributed by atoms with Gasteiger partial charge in [-0.25, -0.2) is 0 Å². The van der Waals surface area contributed by atoms with Gasteiger partial charge in [0.25, 0.3) is 0 Å². The minimum atomic E-state index is 0.295. The molecule has 2 aromatic heterocycles. The number of aryl methyl sites for hydroxylation is 1. The van der Waals surface area contributed by atoms with Gasteiger partial charge in [0.15, 0.2) is 0 Å². The second-order valence-electron chi connectivity index (χ2n) is 13.2. The first-order valence-corrected chi connectivity index (χ1v) is 17.5. The summed E-state index contributed by atoms with van der Waals surface area (Å²) in [6.45, 7) is 4.45. The first-order chi connectivity index (χ1) is 24.2. The molecule has 1 atom stereocenters. The van der Waals surface area contributed by atoms with E-state index in [1.165, 1.54) is 82.7 Å². The predicted octanol–water partition coefficient (Wildman–Crippen LogP) is 12.9. The molecule has 0 fully saturated rings. The van der Waals surface area contributed by atoms with E-state index < -0.39 is 0 Å². The lowest BCUT2D eigenvalue weighted by Gasteiger charge is -2.22. The highest BCUT2D eigenvalue weighted by molar-refractivity contribution is 6.09. The largest absolute Gasteiger partial charge is 0.333 e. The molecule has 2 nitrogen and oxygen atoms in total. The van der Waals surface area contributed by atoms with Gasteiger partial charge in [0.2, 0.25) is 0 Å². The topological polar surface area (TPSA) is 9.86 Å². The van der Waals surface area contributed by atoms with Crippen molar-refractivity contribution in [2.24, 2.45) is 0 Å². The zero-order chi connectivity index (χ0) is 32.9. The number of fused-ring (bicyclic) bond motifs is 5. The summed E-state index contributed by atoms with van der Waals surface area (Å²) in [6.07, 6.45) is 13.7. The van der Waals surface area contributed by atoms with Crippen LogP contribution in [-0.2, 0) is 0 Å². The van der Waals surface area contributed by atoms with Crippen molar-refractivity contribution in [1.82, 2.24) is 9.13 Å². The fourth-order valence-electron chi connectivity index (χ4n) is 7.86. The fourth-order valence-corrected chi connectivity index (χ4v) is 7.86. The van der Waals surface area contributed by atoms with Crippen molar-refractivity contribution in [2.75, 3.05) is 0 Å². The van der Waals surface area contributed by atoms with E-state index in [2.05, 4.69) is 187 Å². The summed E-state index contributed by atoms with van der Waals surface area (Å²) in [5, 5.41) is 6.43. The summed E-state index contributed by atoms with van der Waals surface area (Å²) in [7, 11) is 0. The Kier molecular flexibility index (Phi) is 7.16. The Morgan fingerprint density at radius 1 is 0.633 bits per heavy atom. The molecule has 49 heavy (non-hydrogen) atoms. The second kappa shape index (κ2) is 12.0. The molecule has 2 heteroatoms. The molecule has 6 aromatic carbocycles. The average Bonchev–Trinajstić information content (AvgIpc) is 3.65. The molecule has 0 radical (unpaired) electrons. The van der Waals surface area contributed by atoms with Crippen LogP contribution in [-0.4, -0.2) is 9.13 Å². The number of para-hydroxylation sites is 3. The van der Waals surface area contributed by atoms with Gasteiger partial charge >= 0.3 is 0 Å². The van der Waals surface area contributed by atoms with Crippen molar-refractivity contribution in [2.45, 2.75) is 32.7 Å². The van der Waals surface area contributed by atoms with Crippen molar-refractivity contribution in [3.8, 4) is 16.8 Å². The van der Waals surface area contributed by atoms with E-state index in [1.54, 1.807) is 0 Å². The van der Waals surface area contributed by atoms with Gasteiger partial charge in [-0.1, -0.05) is 122 Å². The lowest BCUT2D eigenvalue weighted by molar-refractivity contribution is 0.625. The van der Waals surface area contributed by atoms with Gasteiger partial charge in [0.1, 0.15) is 0 Å². The van der Waals surface area contributed by atoms with Crippen LogP contribution in [0.2, 0.25) is 0 Å². The molecule has 1 aliphatic carbocycles. The predicted molar refractivity (Wildman–Crippen MR) is 210 cm³/mol. The number of rotatable bonds is 6. The normalized spacial score (nSPS) is 14.9. The number of nitrogens with zero attached hydrogens (tertiary/aromatic N) is 2. The molecule has 2 heterocycles. The van der Waals surface area contributed by atoms with E-state index in [-0.39, 0.29) is 0 Å². The third-order valence-corrected chi connectivity index (χ3v) is 10.3. The summed E-state index contributed by atoms with van der Waals surface area (Å²) >= 11 is 0. The van der Waals surface area contributed by atoms with Gasteiger partial charge in [-0.15, -0.1) is 0 Å². The van der Waals surface area contributed by atoms with Gasteiger partial charge in [-0.05, 0) is 107 Å². The van der Waals surface area contributed by atoms with E-state index in [1.807, 2.05) is 0 Å². The van der Waals surface area contributed by atoms with Crippen molar-refractivity contribution < 1.29 is 0 Å². The number of hydrogen-bond acceptors (Lipinski definition) is 0. The minimum absolute atomic E-state index is 0.295. The molecule has 0 bridgehead atoms. The molecule has 1 unspecified atom stereocenters. The number of hydrogen-bond donors (Lipinski definition) is 0. The first kappa shape index (κ1) is 29.3. The van der Waals surface area contributed by atoms with Crippen LogP contribution in [0.4, 0.5) is 0 Å². The molecule has 0 saturated heterocycles. The van der Waals surface area contributed by atoms with Crippen LogP contribution in [0, 0.1) is 6.92 Å². The zero-order valence-electron chi connectivity index (χ0n) is 28.0. The van der Waals surface area contributed by atoms with Crippen molar-refractivity contribution in [3.63, 3.8) is 0 Å². The average molecular weight is 631 g/mol. The van der Waals surface area contributed by atoms with E-state index in [0.717, 1.165) is 12.8 Å². The van der Waals surface area contributed by atoms with Gasteiger partial charge in [-0.3, -0.25) is 0 Å².